The molecule has 1 aromatic rings. The lowest BCUT2D eigenvalue weighted by Crippen LogP contribution is -2.48. The smallest absolute Gasteiger partial charge is 0.251 e. The molecule has 0 bridgehead atoms. The van der Waals surface area contributed by atoms with Crippen molar-refractivity contribution >= 4 is 36.4 Å². The Morgan fingerprint density at radius 2 is 1.67 bits per heavy atom. The van der Waals surface area contributed by atoms with E-state index in [1.54, 1.807) is 7.11 Å². The first-order valence-electron chi connectivity index (χ1n) is 9.18. The van der Waals surface area contributed by atoms with Crippen LogP contribution in [0.4, 0.5) is 5.69 Å². The molecular weight excluding hydrogens is 387 g/mol. The Bertz CT molecular complexity index is 521. The quantitative estimate of drug-likeness (QED) is 0.598. The summed E-state index contributed by atoms with van der Waals surface area (Å²) in [6, 6.07) is 8.54. The molecule has 1 heterocycles. The molecule has 1 aliphatic heterocycles. The van der Waals surface area contributed by atoms with Crippen molar-refractivity contribution in [1.82, 2.24) is 15.5 Å². The molecule has 0 aromatic heterocycles. The van der Waals surface area contributed by atoms with Gasteiger partial charge < -0.3 is 20.3 Å². The van der Waals surface area contributed by atoms with Gasteiger partial charge in [-0.2, -0.15) is 0 Å². The van der Waals surface area contributed by atoms with Gasteiger partial charge in [0, 0.05) is 70.2 Å². The SMILES string of the molecule is COCCNCCNC(=O)c1ccc(N2CCN(C(C)C)CC2)cc1.Cl.Cl. The third-order valence-corrected chi connectivity index (χ3v) is 4.61. The number of ether oxygens (including phenoxy) is 1. The first-order chi connectivity index (χ1) is 12.1. The number of anilines is 1. The summed E-state index contributed by atoms with van der Waals surface area (Å²) in [5, 5.41) is 6.14. The molecule has 156 valence electrons. The van der Waals surface area contributed by atoms with E-state index in [0.29, 0.717) is 24.8 Å². The second kappa shape index (κ2) is 14.0. The van der Waals surface area contributed by atoms with Crippen LogP contribution in [-0.4, -0.2) is 76.4 Å². The topological polar surface area (TPSA) is 56.8 Å². The first-order valence-corrected chi connectivity index (χ1v) is 9.18. The monoisotopic (exact) mass is 420 g/mol. The molecule has 1 amide bonds. The molecule has 0 spiro atoms. The Labute approximate surface area is 175 Å². The van der Waals surface area contributed by atoms with Crippen molar-refractivity contribution in [2.75, 3.05) is 64.4 Å². The number of methoxy groups -OCH3 is 1. The standard InChI is InChI=1S/C19H32N4O2.2ClH/c1-16(2)22-11-13-23(14-12-22)18-6-4-17(5-7-18)19(24)21-9-8-20-10-15-25-3;;/h4-7,16,20H,8-15H2,1-3H3,(H,21,24);2*1H. The molecule has 6 nitrogen and oxygen atoms in total. The molecule has 1 aliphatic rings. The number of amides is 1. The van der Waals surface area contributed by atoms with Gasteiger partial charge in [-0.05, 0) is 38.1 Å². The number of carbonyl (C=O) groups is 1. The summed E-state index contributed by atoms with van der Waals surface area (Å²) in [7, 11) is 1.68. The lowest BCUT2D eigenvalue weighted by atomic mass is 10.1. The van der Waals surface area contributed by atoms with Gasteiger partial charge in [0.15, 0.2) is 0 Å². The summed E-state index contributed by atoms with van der Waals surface area (Å²) in [5.41, 5.74) is 1.91. The van der Waals surface area contributed by atoms with Crippen molar-refractivity contribution < 1.29 is 9.53 Å². The summed E-state index contributed by atoms with van der Waals surface area (Å²) in [6.45, 7) is 11.6. The van der Waals surface area contributed by atoms with Gasteiger partial charge in [0.05, 0.1) is 6.61 Å². The van der Waals surface area contributed by atoms with E-state index >= 15 is 0 Å². The van der Waals surface area contributed by atoms with Crippen LogP contribution in [0.2, 0.25) is 0 Å². The normalized spacial score (nSPS) is 14.4. The fourth-order valence-corrected chi connectivity index (χ4v) is 2.99. The van der Waals surface area contributed by atoms with Gasteiger partial charge in [-0.15, -0.1) is 24.8 Å². The average molecular weight is 421 g/mol. The van der Waals surface area contributed by atoms with Crippen LogP contribution in [0.5, 0.6) is 0 Å². The zero-order valence-corrected chi connectivity index (χ0v) is 18.2. The molecule has 27 heavy (non-hydrogen) atoms. The van der Waals surface area contributed by atoms with Gasteiger partial charge in [0.25, 0.3) is 5.91 Å². The highest BCUT2D eigenvalue weighted by molar-refractivity contribution is 5.94. The lowest BCUT2D eigenvalue weighted by Gasteiger charge is -2.38. The van der Waals surface area contributed by atoms with Crippen molar-refractivity contribution in [2.24, 2.45) is 0 Å². The number of hydrogen-bond acceptors (Lipinski definition) is 5. The van der Waals surface area contributed by atoms with Crippen molar-refractivity contribution in [2.45, 2.75) is 19.9 Å². The number of carbonyl (C=O) groups excluding carboxylic acids is 1. The summed E-state index contributed by atoms with van der Waals surface area (Å²) >= 11 is 0. The molecule has 8 heteroatoms. The summed E-state index contributed by atoms with van der Waals surface area (Å²) in [4.78, 5) is 17.0. The molecule has 0 saturated carbocycles. The second-order valence-corrected chi connectivity index (χ2v) is 6.66. The minimum Gasteiger partial charge on any atom is -0.383 e. The van der Waals surface area contributed by atoms with Crippen LogP contribution in [-0.2, 0) is 4.74 Å². The fourth-order valence-electron chi connectivity index (χ4n) is 2.99. The highest BCUT2D eigenvalue weighted by atomic mass is 35.5. The van der Waals surface area contributed by atoms with Crippen LogP contribution in [0.15, 0.2) is 24.3 Å². The van der Waals surface area contributed by atoms with Gasteiger partial charge in [-0.1, -0.05) is 0 Å². The van der Waals surface area contributed by atoms with Crippen molar-refractivity contribution in [3.63, 3.8) is 0 Å². The Balaban J connectivity index is 0.00000338. The summed E-state index contributed by atoms with van der Waals surface area (Å²) in [6.07, 6.45) is 0. The van der Waals surface area contributed by atoms with E-state index in [0.717, 1.165) is 39.3 Å². The second-order valence-electron chi connectivity index (χ2n) is 6.66. The number of rotatable bonds is 9. The predicted octanol–water partition coefficient (Wildman–Crippen LogP) is 2.03. The average Bonchev–Trinajstić information content (AvgIpc) is 2.64. The van der Waals surface area contributed by atoms with E-state index in [1.165, 1.54) is 5.69 Å². The van der Waals surface area contributed by atoms with Gasteiger partial charge in [-0.25, -0.2) is 0 Å². The van der Waals surface area contributed by atoms with Crippen LogP contribution in [0.1, 0.15) is 24.2 Å². The summed E-state index contributed by atoms with van der Waals surface area (Å²) in [5.74, 6) is -0.0234. The number of halogens is 2. The maximum atomic E-state index is 12.2. The highest BCUT2D eigenvalue weighted by Crippen LogP contribution is 2.18. The van der Waals surface area contributed by atoms with E-state index in [-0.39, 0.29) is 30.7 Å². The molecule has 2 rings (SSSR count). The third kappa shape index (κ3) is 8.66. The predicted molar refractivity (Wildman–Crippen MR) is 117 cm³/mol. The number of nitrogens with one attached hydrogen (secondary N) is 2. The molecule has 0 atom stereocenters. The first kappa shape index (κ1) is 26.0. The lowest BCUT2D eigenvalue weighted by molar-refractivity contribution is 0.0953. The van der Waals surface area contributed by atoms with E-state index in [2.05, 4.69) is 46.4 Å². The number of benzene rings is 1. The van der Waals surface area contributed by atoms with Gasteiger partial charge in [-0.3, -0.25) is 9.69 Å². The maximum Gasteiger partial charge on any atom is 0.251 e. The number of hydrogen-bond donors (Lipinski definition) is 2. The Kier molecular flexibility index (Phi) is 13.5. The van der Waals surface area contributed by atoms with Crippen LogP contribution in [0.25, 0.3) is 0 Å². The largest absolute Gasteiger partial charge is 0.383 e. The molecule has 1 fully saturated rings. The Morgan fingerprint density at radius 1 is 1.04 bits per heavy atom. The molecule has 0 aliphatic carbocycles. The summed E-state index contributed by atoms with van der Waals surface area (Å²) < 4.78 is 4.96. The van der Waals surface area contributed by atoms with Crippen LogP contribution in [0.3, 0.4) is 0 Å². The van der Waals surface area contributed by atoms with Gasteiger partial charge >= 0.3 is 0 Å². The van der Waals surface area contributed by atoms with Gasteiger partial charge in [0.1, 0.15) is 0 Å². The minimum atomic E-state index is -0.0234. The molecule has 1 saturated heterocycles. The number of piperazine rings is 1. The third-order valence-electron chi connectivity index (χ3n) is 4.61. The molecule has 0 radical (unpaired) electrons. The van der Waals surface area contributed by atoms with Crippen molar-refractivity contribution in [3.8, 4) is 0 Å². The van der Waals surface area contributed by atoms with Crippen molar-refractivity contribution in [3.05, 3.63) is 29.8 Å². The van der Waals surface area contributed by atoms with Crippen LogP contribution >= 0.6 is 24.8 Å². The Hall–Kier alpha value is -1.05. The van der Waals surface area contributed by atoms with E-state index in [1.807, 2.05) is 12.1 Å². The maximum absolute atomic E-state index is 12.2. The van der Waals surface area contributed by atoms with Gasteiger partial charge in [0.2, 0.25) is 0 Å². The zero-order chi connectivity index (χ0) is 18.1. The molecule has 2 N–H and O–H groups in total. The minimum absolute atomic E-state index is 0. The van der Waals surface area contributed by atoms with E-state index < -0.39 is 0 Å². The molecule has 1 aromatic carbocycles. The number of nitrogens with zero attached hydrogens (tertiary/aromatic N) is 2. The Morgan fingerprint density at radius 3 is 2.22 bits per heavy atom. The van der Waals surface area contributed by atoms with E-state index in [9.17, 15) is 4.79 Å². The highest BCUT2D eigenvalue weighted by Gasteiger charge is 2.19. The molecular formula is C19H34Cl2N4O2. The van der Waals surface area contributed by atoms with E-state index in [4.69, 9.17) is 4.74 Å². The van der Waals surface area contributed by atoms with Crippen LogP contribution < -0.4 is 15.5 Å². The fraction of sp³-hybridized carbons (Fsp3) is 0.632. The van der Waals surface area contributed by atoms with Crippen LogP contribution in [0, 0.1) is 0 Å². The zero-order valence-electron chi connectivity index (χ0n) is 16.6. The van der Waals surface area contributed by atoms with Crippen molar-refractivity contribution in [1.29, 1.82) is 0 Å². The molecule has 0 unspecified atom stereocenters.